The van der Waals surface area contributed by atoms with Gasteiger partial charge in [-0.25, -0.2) is 4.79 Å². The van der Waals surface area contributed by atoms with Crippen LogP contribution in [-0.2, 0) is 19.1 Å². The molecule has 0 aliphatic carbocycles. The second-order valence-corrected chi connectivity index (χ2v) is 7.75. The van der Waals surface area contributed by atoms with Crippen molar-refractivity contribution in [2.45, 2.75) is 58.3 Å². The van der Waals surface area contributed by atoms with E-state index in [1.54, 1.807) is 34.6 Å². The lowest BCUT2D eigenvalue weighted by molar-refractivity contribution is -0.158. The van der Waals surface area contributed by atoms with E-state index in [1.807, 2.05) is 0 Å². The first kappa shape index (κ1) is 19.8. The van der Waals surface area contributed by atoms with E-state index in [0.29, 0.717) is 18.1 Å². The average Bonchev–Trinajstić information content (AvgIpc) is 2.44. The fourth-order valence-electron chi connectivity index (χ4n) is 2.23. The summed E-state index contributed by atoms with van der Waals surface area (Å²) in [7, 11) is 0. The minimum absolute atomic E-state index is 0.312. The third-order valence-electron chi connectivity index (χ3n) is 3.33. The van der Waals surface area contributed by atoms with Crippen molar-refractivity contribution in [1.29, 1.82) is 0 Å². The number of carboxylic acids is 1. The van der Waals surface area contributed by atoms with Gasteiger partial charge in [-0.2, -0.15) is 11.8 Å². The van der Waals surface area contributed by atoms with Gasteiger partial charge >= 0.3 is 11.9 Å². The predicted molar refractivity (Wildman–Crippen MR) is 88.4 cm³/mol. The summed E-state index contributed by atoms with van der Waals surface area (Å²) in [6, 6.07) is -2.14. The molecule has 3 unspecified atom stereocenters. The number of aliphatic carboxylic acids is 1. The van der Waals surface area contributed by atoms with E-state index >= 15 is 0 Å². The van der Waals surface area contributed by atoms with E-state index in [1.165, 1.54) is 16.7 Å². The summed E-state index contributed by atoms with van der Waals surface area (Å²) in [5.41, 5.74) is -0.598. The molecule has 1 amide bonds. The maximum absolute atomic E-state index is 12.5. The zero-order chi connectivity index (χ0) is 17.8. The van der Waals surface area contributed by atoms with Crippen molar-refractivity contribution >= 4 is 29.6 Å². The molecule has 1 fully saturated rings. The van der Waals surface area contributed by atoms with Gasteiger partial charge in [0.05, 0.1) is 6.04 Å². The largest absolute Gasteiger partial charge is 0.480 e. The van der Waals surface area contributed by atoms with Gasteiger partial charge in [0.1, 0.15) is 17.7 Å². The molecule has 2 N–H and O–H groups in total. The highest BCUT2D eigenvalue weighted by molar-refractivity contribution is 7.99. The Bertz CT molecular complexity index is 463. The molecule has 7 nitrogen and oxygen atoms in total. The van der Waals surface area contributed by atoms with Gasteiger partial charge < -0.3 is 14.7 Å². The van der Waals surface area contributed by atoms with Gasteiger partial charge in [0.15, 0.2) is 0 Å². The first-order valence-electron chi connectivity index (χ1n) is 7.63. The fraction of sp³-hybridized carbons (Fsp3) is 0.800. The van der Waals surface area contributed by atoms with Crippen molar-refractivity contribution in [3.05, 3.63) is 0 Å². The first-order valence-corrected chi connectivity index (χ1v) is 8.78. The van der Waals surface area contributed by atoms with Crippen LogP contribution in [0.2, 0.25) is 0 Å². The summed E-state index contributed by atoms with van der Waals surface area (Å²) in [5, 5.41) is 12.1. The summed E-state index contributed by atoms with van der Waals surface area (Å²) in [5.74, 6) is -0.661. The quantitative estimate of drug-likeness (QED) is 0.708. The summed E-state index contributed by atoms with van der Waals surface area (Å²) >= 11 is 1.52. The Labute approximate surface area is 141 Å². The van der Waals surface area contributed by atoms with Crippen molar-refractivity contribution in [3.63, 3.8) is 0 Å². The van der Waals surface area contributed by atoms with E-state index in [-0.39, 0.29) is 5.91 Å². The number of hydrogen-bond acceptors (Lipinski definition) is 6. The molecule has 3 atom stereocenters. The molecule has 0 spiro atoms. The molecule has 23 heavy (non-hydrogen) atoms. The van der Waals surface area contributed by atoms with E-state index in [2.05, 4.69) is 5.32 Å². The lowest BCUT2D eigenvalue weighted by atomic mass is 10.1. The minimum atomic E-state index is -1.00. The highest BCUT2D eigenvalue weighted by Gasteiger charge is 2.35. The highest BCUT2D eigenvalue weighted by Crippen LogP contribution is 2.18. The van der Waals surface area contributed by atoms with Crippen LogP contribution >= 0.6 is 11.8 Å². The molecule has 0 radical (unpaired) electrons. The number of esters is 1. The third kappa shape index (κ3) is 6.02. The number of ether oxygens (including phenoxy) is 1. The number of hydrogen-bond donors (Lipinski definition) is 2. The highest BCUT2D eigenvalue weighted by atomic mass is 32.2. The second-order valence-electron chi connectivity index (χ2n) is 6.60. The maximum Gasteiger partial charge on any atom is 0.327 e. The van der Waals surface area contributed by atoms with Crippen LogP contribution in [0, 0.1) is 0 Å². The number of amides is 1. The van der Waals surface area contributed by atoms with Crippen molar-refractivity contribution in [2.75, 3.05) is 18.1 Å². The van der Waals surface area contributed by atoms with Crippen LogP contribution in [0.3, 0.4) is 0 Å². The van der Waals surface area contributed by atoms with Gasteiger partial charge in [-0.3, -0.25) is 14.9 Å². The molecule has 1 aliphatic heterocycles. The van der Waals surface area contributed by atoms with Crippen molar-refractivity contribution < 1.29 is 24.2 Å². The van der Waals surface area contributed by atoms with Crippen LogP contribution in [0.4, 0.5) is 0 Å². The van der Waals surface area contributed by atoms with Crippen LogP contribution < -0.4 is 5.32 Å². The second kappa shape index (κ2) is 8.01. The smallest absolute Gasteiger partial charge is 0.327 e. The third-order valence-corrected chi connectivity index (χ3v) is 4.35. The van der Waals surface area contributed by atoms with Gasteiger partial charge in [-0.15, -0.1) is 0 Å². The molecule has 0 aromatic carbocycles. The zero-order valence-electron chi connectivity index (χ0n) is 14.3. The Morgan fingerprint density at radius 1 is 1.26 bits per heavy atom. The zero-order valence-corrected chi connectivity index (χ0v) is 15.1. The van der Waals surface area contributed by atoms with Gasteiger partial charge in [0, 0.05) is 18.1 Å². The molecule has 0 saturated carbocycles. The van der Waals surface area contributed by atoms with E-state index in [0.717, 1.165) is 0 Å². The Morgan fingerprint density at radius 3 is 2.39 bits per heavy atom. The molecule has 132 valence electrons. The molecule has 0 aromatic heterocycles. The van der Waals surface area contributed by atoms with Crippen molar-refractivity contribution in [3.8, 4) is 0 Å². The first-order chi connectivity index (χ1) is 10.5. The van der Waals surface area contributed by atoms with Gasteiger partial charge in [0.2, 0.25) is 5.91 Å². The van der Waals surface area contributed by atoms with E-state index < -0.39 is 35.7 Å². The maximum atomic E-state index is 12.5. The molecular formula is C15H26N2O5S. The summed E-state index contributed by atoms with van der Waals surface area (Å²) < 4.78 is 5.26. The van der Waals surface area contributed by atoms with Crippen LogP contribution in [0.25, 0.3) is 0 Å². The van der Waals surface area contributed by atoms with Gasteiger partial charge in [-0.05, 0) is 34.6 Å². The van der Waals surface area contributed by atoms with Crippen molar-refractivity contribution in [1.82, 2.24) is 10.2 Å². The van der Waals surface area contributed by atoms with Crippen LogP contribution in [0.15, 0.2) is 0 Å². The summed E-state index contributed by atoms with van der Waals surface area (Å²) in [6.07, 6.45) is 0. The van der Waals surface area contributed by atoms with Crippen molar-refractivity contribution in [2.24, 2.45) is 0 Å². The molecular weight excluding hydrogens is 320 g/mol. The number of nitrogens with one attached hydrogen (secondary N) is 1. The number of carbonyl (C=O) groups excluding carboxylic acids is 2. The predicted octanol–water partition coefficient (Wildman–Crippen LogP) is 0.723. The van der Waals surface area contributed by atoms with E-state index in [9.17, 15) is 19.5 Å². The molecule has 1 saturated heterocycles. The molecule has 0 aromatic rings. The normalized spacial score (nSPS) is 21.4. The lowest BCUT2D eigenvalue weighted by Gasteiger charge is -2.35. The van der Waals surface area contributed by atoms with Crippen LogP contribution in [-0.4, -0.2) is 69.6 Å². The molecule has 8 heteroatoms. The number of thioether (sulfide) groups is 1. The standard InChI is InChI=1S/C15H26N2O5S/c1-9(16-10(2)14(21)22-15(3,4)5)12(18)17-6-7-23-8-11(17)13(19)20/h9-11,16H,6-8H2,1-5H3,(H,19,20). The molecule has 1 aliphatic rings. The molecule has 1 rings (SSSR count). The Morgan fingerprint density at radius 2 is 1.87 bits per heavy atom. The molecule has 0 bridgehead atoms. The Kier molecular flexibility index (Phi) is 6.88. The Balaban J connectivity index is 2.65. The molecule has 1 heterocycles. The van der Waals surface area contributed by atoms with Gasteiger partial charge in [-0.1, -0.05) is 0 Å². The number of rotatable bonds is 5. The van der Waals surface area contributed by atoms with Gasteiger partial charge in [0.25, 0.3) is 0 Å². The number of carbonyl (C=O) groups is 3. The number of nitrogens with zero attached hydrogens (tertiary/aromatic N) is 1. The topological polar surface area (TPSA) is 95.9 Å². The number of carboxylic acid groups (broad SMARTS) is 1. The minimum Gasteiger partial charge on any atom is -0.480 e. The van der Waals surface area contributed by atoms with Crippen LogP contribution in [0.5, 0.6) is 0 Å². The average molecular weight is 346 g/mol. The summed E-state index contributed by atoms with van der Waals surface area (Å²) in [4.78, 5) is 37.1. The van der Waals surface area contributed by atoms with Crippen LogP contribution in [0.1, 0.15) is 34.6 Å². The SMILES string of the molecule is CC(NC(C)C(=O)N1CCSCC1C(=O)O)C(=O)OC(C)(C)C. The van der Waals surface area contributed by atoms with E-state index in [4.69, 9.17) is 4.74 Å². The monoisotopic (exact) mass is 346 g/mol. The summed E-state index contributed by atoms with van der Waals surface area (Å²) in [6.45, 7) is 8.97. The lowest BCUT2D eigenvalue weighted by Crippen LogP contribution is -2.57. The Hall–Kier alpha value is -1.28. The fourth-order valence-corrected chi connectivity index (χ4v) is 3.26.